The molecule has 0 saturated heterocycles. The molecular formula is C12H16N2O3S. The summed E-state index contributed by atoms with van der Waals surface area (Å²) in [4.78, 5) is 3.09. The number of benzene rings is 1. The third-order valence-electron chi connectivity index (χ3n) is 2.85. The second-order valence-electron chi connectivity index (χ2n) is 4.09. The summed E-state index contributed by atoms with van der Waals surface area (Å²) in [6.45, 7) is 1.96. The molecule has 5 nitrogen and oxygen atoms in total. The number of nitrogens with one attached hydrogen (secondary N) is 2. The van der Waals surface area contributed by atoms with Crippen molar-refractivity contribution in [1.29, 1.82) is 0 Å². The maximum Gasteiger partial charge on any atom is 0.211 e. The van der Waals surface area contributed by atoms with Crippen LogP contribution in [0.4, 0.5) is 0 Å². The van der Waals surface area contributed by atoms with Crippen LogP contribution in [0, 0.1) is 0 Å². The van der Waals surface area contributed by atoms with Crippen molar-refractivity contribution in [2.45, 2.75) is 13.3 Å². The molecule has 0 aliphatic heterocycles. The molecule has 0 atom stereocenters. The highest BCUT2D eigenvalue weighted by Gasteiger charge is 2.08. The molecule has 3 N–H and O–H groups in total. The maximum absolute atomic E-state index is 11.3. The number of phenols is 1. The van der Waals surface area contributed by atoms with Crippen LogP contribution in [0.15, 0.2) is 24.4 Å². The number of fused-ring (bicyclic) bond motifs is 1. The van der Waals surface area contributed by atoms with Gasteiger partial charge >= 0.3 is 0 Å². The van der Waals surface area contributed by atoms with Crippen LogP contribution in [0.25, 0.3) is 10.9 Å². The summed E-state index contributed by atoms with van der Waals surface area (Å²) < 4.78 is 25.1. The number of sulfonamides is 1. The van der Waals surface area contributed by atoms with E-state index in [1.54, 1.807) is 25.1 Å². The lowest BCUT2D eigenvalue weighted by atomic mass is 10.1. The summed E-state index contributed by atoms with van der Waals surface area (Å²) in [6, 6.07) is 5.09. The number of rotatable bonds is 5. The van der Waals surface area contributed by atoms with Crippen LogP contribution in [-0.2, 0) is 16.4 Å². The normalized spacial score (nSPS) is 12.1. The Labute approximate surface area is 106 Å². The Morgan fingerprint density at radius 3 is 2.89 bits per heavy atom. The molecule has 0 spiro atoms. The minimum absolute atomic E-state index is 0.0850. The van der Waals surface area contributed by atoms with Gasteiger partial charge in [-0.3, -0.25) is 0 Å². The molecule has 1 aromatic heterocycles. The highest BCUT2D eigenvalue weighted by Crippen LogP contribution is 2.22. The number of phenolic OH excluding ortho intramolecular Hbond substituents is 1. The predicted molar refractivity (Wildman–Crippen MR) is 71.1 cm³/mol. The molecule has 0 aliphatic carbocycles. The molecule has 1 heterocycles. The first-order valence-electron chi connectivity index (χ1n) is 5.78. The van der Waals surface area contributed by atoms with Crippen molar-refractivity contribution in [3.63, 3.8) is 0 Å². The van der Waals surface area contributed by atoms with Gasteiger partial charge in [0, 0.05) is 23.6 Å². The van der Waals surface area contributed by atoms with E-state index in [9.17, 15) is 13.5 Å². The third-order valence-corrected chi connectivity index (χ3v) is 4.25. The van der Waals surface area contributed by atoms with Crippen molar-refractivity contribution >= 4 is 20.9 Å². The quantitative estimate of drug-likeness (QED) is 0.765. The first kappa shape index (κ1) is 12.9. The summed E-state index contributed by atoms with van der Waals surface area (Å²) in [7, 11) is -3.14. The molecule has 98 valence electrons. The summed E-state index contributed by atoms with van der Waals surface area (Å²) >= 11 is 0. The van der Waals surface area contributed by atoms with E-state index in [1.807, 2.05) is 6.20 Å². The average molecular weight is 268 g/mol. The summed E-state index contributed by atoms with van der Waals surface area (Å²) in [5, 5.41) is 10.4. The van der Waals surface area contributed by atoms with Crippen LogP contribution in [-0.4, -0.2) is 30.8 Å². The minimum atomic E-state index is -3.14. The molecule has 6 heteroatoms. The third kappa shape index (κ3) is 2.83. The molecule has 0 unspecified atom stereocenters. The largest absolute Gasteiger partial charge is 0.508 e. The SMILES string of the molecule is CCS(=O)(=O)NCCc1c[nH]c2ccc(O)cc12. The highest BCUT2D eigenvalue weighted by molar-refractivity contribution is 7.89. The Balaban J connectivity index is 2.11. The van der Waals surface area contributed by atoms with Gasteiger partial charge in [-0.25, -0.2) is 13.1 Å². The first-order chi connectivity index (χ1) is 8.52. The molecule has 2 aromatic rings. The van der Waals surface area contributed by atoms with Crippen LogP contribution < -0.4 is 4.72 Å². The fourth-order valence-electron chi connectivity index (χ4n) is 1.82. The van der Waals surface area contributed by atoms with Gasteiger partial charge in [0.15, 0.2) is 0 Å². The lowest BCUT2D eigenvalue weighted by molar-refractivity contribution is 0.476. The van der Waals surface area contributed by atoms with Crippen LogP contribution in [0.2, 0.25) is 0 Å². The van der Waals surface area contributed by atoms with E-state index in [2.05, 4.69) is 9.71 Å². The van der Waals surface area contributed by atoms with Gasteiger partial charge in [-0.1, -0.05) is 0 Å². The minimum Gasteiger partial charge on any atom is -0.508 e. The van der Waals surface area contributed by atoms with Gasteiger partial charge in [-0.15, -0.1) is 0 Å². The number of aromatic amines is 1. The summed E-state index contributed by atoms with van der Waals surface area (Å²) in [5.74, 6) is 0.291. The van der Waals surface area contributed by atoms with Crippen molar-refractivity contribution in [2.75, 3.05) is 12.3 Å². The molecule has 0 saturated carbocycles. The van der Waals surface area contributed by atoms with Crippen molar-refractivity contribution in [3.8, 4) is 5.75 Å². The van der Waals surface area contributed by atoms with Gasteiger partial charge in [0.2, 0.25) is 10.0 Å². The van der Waals surface area contributed by atoms with Crippen LogP contribution >= 0.6 is 0 Å². The van der Waals surface area contributed by atoms with Crippen molar-refractivity contribution < 1.29 is 13.5 Å². The van der Waals surface area contributed by atoms with Gasteiger partial charge in [-0.05, 0) is 37.1 Å². The Hall–Kier alpha value is -1.53. The number of aromatic nitrogens is 1. The zero-order valence-electron chi connectivity index (χ0n) is 10.1. The van der Waals surface area contributed by atoms with Crippen LogP contribution in [0.1, 0.15) is 12.5 Å². The van der Waals surface area contributed by atoms with E-state index in [0.29, 0.717) is 13.0 Å². The Morgan fingerprint density at radius 1 is 1.39 bits per heavy atom. The number of hydrogen-bond acceptors (Lipinski definition) is 3. The van der Waals surface area contributed by atoms with Crippen LogP contribution in [0.3, 0.4) is 0 Å². The van der Waals surface area contributed by atoms with Gasteiger partial charge < -0.3 is 10.1 Å². The van der Waals surface area contributed by atoms with Crippen molar-refractivity contribution in [3.05, 3.63) is 30.0 Å². The molecule has 0 bridgehead atoms. The van der Waals surface area contributed by atoms with E-state index in [1.165, 1.54) is 0 Å². The Kier molecular flexibility index (Phi) is 3.58. The van der Waals surface area contributed by atoms with Gasteiger partial charge in [0.05, 0.1) is 5.75 Å². The van der Waals surface area contributed by atoms with Gasteiger partial charge in [0.25, 0.3) is 0 Å². The second kappa shape index (κ2) is 4.99. The second-order valence-corrected chi connectivity index (χ2v) is 6.19. The smallest absolute Gasteiger partial charge is 0.211 e. The van der Waals surface area contributed by atoms with Gasteiger partial charge in [0.1, 0.15) is 5.75 Å². The van der Waals surface area contributed by atoms with E-state index in [4.69, 9.17) is 0 Å². The lowest BCUT2D eigenvalue weighted by Gasteiger charge is -2.03. The van der Waals surface area contributed by atoms with E-state index in [-0.39, 0.29) is 11.5 Å². The molecule has 0 fully saturated rings. The molecule has 18 heavy (non-hydrogen) atoms. The lowest BCUT2D eigenvalue weighted by Crippen LogP contribution is -2.27. The van der Waals surface area contributed by atoms with Crippen molar-refractivity contribution in [2.24, 2.45) is 0 Å². The average Bonchev–Trinajstić information content (AvgIpc) is 2.72. The zero-order valence-corrected chi connectivity index (χ0v) is 10.9. The molecule has 0 radical (unpaired) electrons. The number of H-pyrrole nitrogens is 1. The molecule has 0 amide bonds. The first-order valence-corrected chi connectivity index (χ1v) is 7.43. The highest BCUT2D eigenvalue weighted by atomic mass is 32.2. The van der Waals surface area contributed by atoms with E-state index >= 15 is 0 Å². The summed E-state index contributed by atoms with van der Waals surface area (Å²) in [5.41, 5.74) is 1.92. The molecule has 2 rings (SSSR count). The summed E-state index contributed by atoms with van der Waals surface area (Å²) in [6.07, 6.45) is 2.42. The molecule has 0 aliphatic rings. The zero-order chi connectivity index (χ0) is 13.2. The van der Waals surface area contributed by atoms with E-state index < -0.39 is 10.0 Å². The maximum atomic E-state index is 11.3. The molecule has 1 aromatic carbocycles. The molecular weight excluding hydrogens is 252 g/mol. The topological polar surface area (TPSA) is 82.2 Å². The fourth-order valence-corrected chi connectivity index (χ4v) is 2.43. The van der Waals surface area contributed by atoms with Gasteiger partial charge in [-0.2, -0.15) is 0 Å². The van der Waals surface area contributed by atoms with Crippen LogP contribution in [0.5, 0.6) is 5.75 Å². The fraction of sp³-hybridized carbons (Fsp3) is 0.333. The predicted octanol–water partition coefficient (Wildman–Crippen LogP) is 1.36. The standard InChI is InChI=1S/C12H16N2O3S/c1-2-18(16,17)14-6-5-9-8-13-12-4-3-10(15)7-11(9)12/h3-4,7-8,13-15H,2,5-6H2,1H3. The van der Waals surface area contributed by atoms with Crippen molar-refractivity contribution in [1.82, 2.24) is 9.71 Å². The number of aromatic hydroxyl groups is 1. The monoisotopic (exact) mass is 268 g/mol. The van der Waals surface area contributed by atoms with E-state index in [0.717, 1.165) is 16.5 Å². The number of hydrogen-bond donors (Lipinski definition) is 3. The Morgan fingerprint density at radius 2 is 2.17 bits per heavy atom. The Bertz CT molecular complexity index is 646.